The van der Waals surface area contributed by atoms with Crippen LogP contribution in [-0.2, 0) is 30.3 Å². The number of ketones is 1. The molecule has 7 heteroatoms. The second-order valence-corrected chi connectivity index (χ2v) is 10.6. The average molecular weight is 480 g/mol. The van der Waals surface area contributed by atoms with Gasteiger partial charge in [0.25, 0.3) is 5.91 Å². The summed E-state index contributed by atoms with van der Waals surface area (Å²) >= 11 is 0. The van der Waals surface area contributed by atoms with E-state index < -0.39 is 29.7 Å². The predicted octanol–water partition coefficient (Wildman–Crippen LogP) is 2.52. The van der Waals surface area contributed by atoms with Gasteiger partial charge in [-0.1, -0.05) is 62.4 Å². The fourth-order valence-corrected chi connectivity index (χ4v) is 6.54. The van der Waals surface area contributed by atoms with Crippen molar-refractivity contribution in [1.29, 1.82) is 0 Å². The monoisotopic (exact) mass is 479 g/mol. The first-order chi connectivity index (χ1) is 16.7. The third kappa shape index (κ3) is 3.76. The van der Waals surface area contributed by atoms with E-state index in [9.17, 15) is 19.5 Å². The molecule has 3 aliphatic heterocycles. The van der Waals surface area contributed by atoms with Crippen molar-refractivity contribution in [3.8, 4) is 0 Å². The molecule has 1 aliphatic carbocycles. The molecular weight excluding hydrogens is 446 g/mol. The lowest BCUT2D eigenvalue weighted by Crippen LogP contribution is -2.61. The Kier molecular flexibility index (Phi) is 5.96. The Hall–Kier alpha value is -2.77. The van der Waals surface area contributed by atoms with E-state index in [1.807, 2.05) is 42.5 Å². The van der Waals surface area contributed by atoms with Crippen molar-refractivity contribution < 1.29 is 29.0 Å². The zero-order valence-corrected chi connectivity index (χ0v) is 20.4. The van der Waals surface area contributed by atoms with E-state index in [0.717, 1.165) is 5.56 Å². The maximum absolute atomic E-state index is 13.8. The summed E-state index contributed by atoms with van der Waals surface area (Å²) in [4.78, 5) is 39.6. The molecule has 0 bridgehead atoms. The van der Waals surface area contributed by atoms with Gasteiger partial charge in [0.1, 0.15) is 0 Å². The molecule has 2 N–H and O–H groups in total. The molecule has 0 radical (unpaired) electrons. The number of amides is 1. The molecule has 1 aromatic carbocycles. The summed E-state index contributed by atoms with van der Waals surface area (Å²) < 4.78 is 12.4. The lowest BCUT2D eigenvalue weighted by molar-refractivity contribution is -0.181. The first-order valence-corrected chi connectivity index (χ1v) is 12.5. The Morgan fingerprint density at radius 1 is 1.14 bits per heavy atom. The van der Waals surface area contributed by atoms with Gasteiger partial charge < -0.3 is 19.9 Å². The highest BCUT2D eigenvalue weighted by Crippen LogP contribution is 2.63. The number of allylic oxidation sites excluding steroid dienone is 1. The molecule has 186 valence electrons. The average Bonchev–Trinajstić information content (AvgIpc) is 3.46. The zero-order chi connectivity index (χ0) is 25.0. The van der Waals surface area contributed by atoms with Crippen LogP contribution in [0.2, 0.25) is 0 Å². The molecule has 8 atom stereocenters. The first kappa shape index (κ1) is 23.9. The van der Waals surface area contributed by atoms with Gasteiger partial charge in [-0.15, -0.1) is 0 Å². The van der Waals surface area contributed by atoms with Crippen LogP contribution in [-0.4, -0.2) is 52.7 Å². The van der Waals surface area contributed by atoms with Crippen molar-refractivity contribution in [2.24, 2.45) is 23.7 Å². The molecule has 1 amide bonds. The van der Waals surface area contributed by atoms with E-state index in [1.165, 1.54) is 6.08 Å². The molecule has 3 fully saturated rings. The molecule has 1 spiro atoms. The maximum atomic E-state index is 13.8. The van der Waals surface area contributed by atoms with E-state index in [0.29, 0.717) is 12.8 Å². The van der Waals surface area contributed by atoms with Crippen LogP contribution in [0.15, 0.2) is 54.1 Å². The lowest BCUT2D eigenvalue weighted by atomic mass is 9.59. The van der Waals surface area contributed by atoms with Gasteiger partial charge in [-0.2, -0.15) is 0 Å². The summed E-state index contributed by atoms with van der Waals surface area (Å²) in [5, 5.41) is 12.9. The summed E-state index contributed by atoms with van der Waals surface area (Å²) in [5.41, 5.74) is -0.520. The number of hydrogen-bond donors (Lipinski definition) is 2. The summed E-state index contributed by atoms with van der Waals surface area (Å²) in [5.74, 6) is -2.21. The van der Waals surface area contributed by atoms with E-state index in [2.05, 4.69) is 19.2 Å². The van der Waals surface area contributed by atoms with Crippen LogP contribution in [0.1, 0.15) is 39.2 Å². The number of benzene rings is 1. The molecule has 2 saturated heterocycles. The van der Waals surface area contributed by atoms with Crippen LogP contribution in [0.3, 0.4) is 0 Å². The number of esters is 1. The molecule has 7 nitrogen and oxygen atoms in total. The molecule has 4 aliphatic rings. The second-order valence-electron chi connectivity index (χ2n) is 10.6. The zero-order valence-electron chi connectivity index (χ0n) is 20.4. The molecule has 1 aromatic rings. The van der Waals surface area contributed by atoms with Crippen molar-refractivity contribution in [2.45, 2.75) is 63.4 Å². The molecule has 35 heavy (non-hydrogen) atoms. The second kappa shape index (κ2) is 8.71. The largest absolute Gasteiger partial charge is 0.448 e. The highest BCUT2D eigenvalue weighted by molar-refractivity contribution is 5.98. The van der Waals surface area contributed by atoms with Crippen molar-refractivity contribution in [3.63, 3.8) is 0 Å². The summed E-state index contributed by atoms with van der Waals surface area (Å²) in [6, 6.07) is 9.76. The van der Waals surface area contributed by atoms with Crippen LogP contribution in [0.5, 0.6) is 0 Å². The number of aliphatic hydroxyl groups excluding tert-OH is 1. The topological polar surface area (TPSA) is 105 Å². The van der Waals surface area contributed by atoms with Gasteiger partial charge in [0.2, 0.25) is 5.60 Å². The van der Waals surface area contributed by atoms with Crippen molar-refractivity contribution in [3.05, 3.63) is 59.7 Å². The van der Waals surface area contributed by atoms with E-state index in [4.69, 9.17) is 9.47 Å². The molecule has 3 heterocycles. The van der Waals surface area contributed by atoms with Crippen LogP contribution >= 0.6 is 0 Å². The van der Waals surface area contributed by atoms with Gasteiger partial charge in [-0.05, 0) is 31.2 Å². The van der Waals surface area contributed by atoms with Gasteiger partial charge in [0.15, 0.2) is 5.78 Å². The summed E-state index contributed by atoms with van der Waals surface area (Å²) in [6.07, 6.45) is 5.88. The minimum atomic E-state index is -1.40. The molecule has 1 saturated carbocycles. The van der Waals surface area contributed by atoms with E-state index in [-0.39, 0.29) is 53.6 Å². The van der Waals surface area contributed by atoms with E-state index in [1.54, 1.807) is 6.92 Å². The normalized spacial score (nSPS) is 40.8. The highest BCUT2D eigenvalue weighted by atomic mass is 16.6. The van der Waals surface area contributed by atoms with Gasteiger partial charge in [-0.25, -0.2) is 0 Å². The maximum Gasteiger partial charge on any atom is 0.310 e. The standard InChI is InChI=1S/C28H33NO6/c1-16-8-7-11-20-25-27(3,35-25)17(2)23-21(14-18-9-5-4-6-10-18)29-26(33)28(20,23)34-22(31)13-12-19(15-30)24(16)32/h4-7,9-12,16-17,20-21,23,25,30H,8,13-15H2,1-3H3,(H,29,33)/t16-,17-,20-,21-,23-,25-,27+,28-/m0/s1. The number of fused-ring (bicyclic) bond motifs is 2. The Bertz CT molecular complexity index is 1100. The van der Waals surface area contributed by atoms with Crippen molar-refractivity contribution in [2.75, 3.05) is 6.61 Å². The Labute approximate surface area is 205 Å². The highest BCUT2D eigenvalue weighted by Gasteiger charge is 2.78. The third-order valence-electron chi connectivity index (χ3n) is 8.62. The number of aliphatic hydroxyl groups is 1. The summed E-state index contributed by atoms with van der Waals surface area (Å²) in [6.45, 7) is 5.51. The third-order valence-corrected chi connectivity index (χ3v) is 8.62. The number of ether oxygens (including phenoxy) is 2. The van der Waals surface area contributed by atoms with Crippen molar-refractivity contribution in [1.82, 2.24) is 5.32 Å². The number of nitrogens with one attached hydrogen (secondary N) is 1. The molecule has 0 aromatic heterocycles. The molecule has 5 rings (SSSR count). The first-order valence-electron chi connectivity index (χ1n) is 12.5. The fraction of sp³-hybridized carbons (Fsp3) is 0.536. The van der Waals surface area contributed by atoms with Crippen molar-refractivity contribution >= 4 is 17.7 Å². The minimum absolute atomic E-state index is 0.0328. The number of epoxide rings is 1. The van der Waals surface area contributed by atoms with Gasteiger partial charge in [0, 0.05) is 23.5 Å². The summed E-state index contributed by atoms with van der Waals surface area (Å²) in [7, 11) is 0. The molecule has 0 unspecified atom stereocenters. The van der Waals surface area contributed by atoms with Crippen LogP contribution < -0.4 is 5.32 Å². The fourth-order valence-electron chi connectivity index (χ4n) is 6.54. The number of carbonyl (C=O) groups excluding carboxylic acids is 3. The van der Waals surface area contributed by atoms with Crippen LogP contribution in [0.25, 0.3) is 0 Å². The van der Waals surface area contributed by atoms with Gasteiger partial charge in [0.05, 0.1) is 30.7 Å². The number of Topliss-reactive ketones (excluding diaryl/α,β-unsaturated/α-hetero) is 1. The van der Waals surface area contributed by atoms with E-state index >= 15 is 0 Å². The Morgan fingerprint density at radius 2 is 1.89 bits per heavy atom. The predicted molar refractivity (Wildman–Crippen MR) is 128 cm³/mol. The quantitative estimate of drug-likeness (QED) is 0.392. The van der Waals surface area contributed by atoms with Gasteiger partial charge >= 0.3 is 5.97 Å². The number of hydrogen-bond acceptors (Lipinski definition) is 6. The number of carbonyl (C=O) groups is 3. The molecular formula is C28H33NO6. The van der Waals surface area contributed by atoms with Crippen LogP contribution in [0.4, 0.5) is 0 Å². The van der Waals surface area contributed by atoms with Crippen LogP contribution in [0, 0.1) is 23.7 Å². The Balaban J connectivity index is 1.58. The number of rotatable bonds is 3. The Morgan fingerprint density at radius 3 is 2.60 bits per heavy atom. The minimum Gasteiger partial charge on any atom is -0.448 e. The SMILES string of the molecule is C[C@H]1CC=C[C@H]2[C@@H]3O[C@]3(C)[C@@H](C)[C@H]3[C@H](Cc4ccccc4)NC(=O)[C@@]32OC(=O)CC=C(CO)C1=O. The van der Waals surface area contributed by atoms with Gasteiger partial charge in [-0.3, -0.25) is 14.4 Å². The smallest absolute Gasteiger partial charge is 0.310 e. The lowest BCUT2D eigenvalue weighted by Gasteiger charge is -2.46.